The maximum Gasteiger partial charge on any atom is 0.164 e. The van der Waals surface area contributed by atoms with Gasteiger partial charge in [0.2, 0.25) is 0 Å². The Kier molecular flexibility index (Phi) is 3.26. The zero-order chi connectivity index (χ0) is 11.4. The quantitative estimate of drug-likeness (QED) is 0.832. The first-order valence-electron chi connectivity index (χ1n) is 5.23. The van der Waals surface area contributed by atoms with Crippen LogP contribution in [-0.4, -0.2) is 19.7 Å². The highest BCUT2D eigenvalue weighted by Crippen LogP contribution is 2.09. The van der Waals surface area contributed by atoms with Crippen molar-refractivity contribution in [2.75, 3.05) is 0 Å². The Morgan fingerprint density at radius 1 is 1.50 bits per heavy atom. The molecular weight excluding hydrogens is 202 g/mol. The average molecular weight is 217 g/mol. The number of hydrogen-bond donors (Lipinski definition) is 1. The van der Waals surface area contributed by atoms with E-state index in [1.54, 1.807) is 17.2 Å². The Balaban J connectivity index is 1.91. The number of aryl methyl sites for hydroxylation is 1. The molecule has 2 heterocycles. The molecule has 0 fully saturated rings. The molecule has 0 spiro atoms. The van der Waals surface area contributed by atoms with Gasteiger partial charge in [0, 0.05) is 25.5 Å². The Bertz CT molecular complexity index is 437. The van der Waals surface area contributed by atoms with E-state index >= 15 is 0 Å². The Morgan fingerprint density at radius 2 is 2.38 bits per heavy atom. The van der Waals surface area contributed by atoms with Crippen LogP contribution >= 0.6 is 0 Å². The predicted molar refractivity (Wildman–Crippen MR) is 60.5 cm³/mol. The molecule has 2 aromatic heterocycles. The fraction of sp³-hybridized carbons (Fsp3) is 0.364. The zero-order valence-corrected chi connectivity index (χ0v) is 9.46. The van der Waals surface area contributed by atoms with E-state index in [1.807, 2.05) is 19.3 Å². The van der Waals surface area contributed by atoms with Crippen LogP contribution < -0.4 is 5.32 Å². The van der Waals surface area contributed by atoms with Crippen molar-refractivity contribution in [3.63, 3.8) is 0 Å². The van der Waals surface area contributed by atoms with Crippen LogP contribution in [0, 0.1) is 0 Å². The minimum Gasteiger partial charge on any atom is -0.303 e. The Hall–Kier alpha value is -1.75. The van der Waals surface area contributed by atoms with Gasteiger partial charge in [-0.3, -0.25) is 9.67 Å². The van der Waals surface area contributed by atoms with E-state index in [2.05, 4.69) is 33.4 Å². The van der Waals surface area contributed by atoms with Crippen molar-refractivity contribution < 1.29 is 0 Å². The van der Waals surface area contributed by atoms with Gasteiger partial charge in [-0.1, -0.05) is 6.07 Å². The third-order valence-electron chi connectivity index (χ3n) is 2.40. The SMILES string of the molecule is CC(NCc1ncn(C)n1)c1cccnc1. The molecule has 0 radical (unpaired) electrons. The van der Waals surface area contributed by atoms with Crippen molar-refractivity contribution in [2.24, 2.45) is 7.05 Å². The van der Waals surface area contributed by atoms with Crippen LogP contribution in [0.2, 0.25) is 0 Å². The topological polar surface area (TPSA) is 55.6 Å². The smallest absolute Gasteiger partial charge is 0.164 e. The summed E-state index contributed by atoms with van der Waals surface area (Å²) >= 11 is 0. The van der Waals surface area contributed by atoms with Gasteiger partial charge >= 0.3 is 0 Å². The lowest BCUT2D eigenvalue weighted by atomic mass is 10.1. The van der Waals surface area contributed by atoms with Gasteiger partial charge in [0.1, 0.15) is 6.33 Å². The summed E-state index contributed by atoms with van der Waals surface area (Å²) in [7, 11) is 1.86. The number of nitrogens with one attached hydrogen (secondary N) is 1. The van der Waals surface area contributed by atoms with E-state index in [9.17, 15) is 0 Å². The summed E-state index contributed by atoms with van der Waals surface area (Å²) in [5, 5.41) is 7.55. The van der Waals surface area contributed by atoms with Crippen LogP contribution in [0.5, 0.6) is 0 Å². The van der Waals surface area contributed by atoms with E-state index in [-0.39, 0.29) is 6.04 Å². The van der Waals surface area contributed by atoms with Gasteiger partial charge in [0.15, 0.2) is 5.82 Å². The normalized spacial score (nSPS) is 12.6. The van der Waals surface area contributed by atoms with E-state index in [4.69, 9.17) is 0 Å². The lowest BCUT2D eigenvalue weighted by Crippen LogP contribution is -2.19. The van der Waals surface area contributed by atoms with E-state index in [1.165, 1.54) is 5.56 Å². The fourth-order valence-electron chi connectivity index (χ4n) is 1.46. The maximum absolute atomic E-state index is 4.20. The molecule has 5 nitrogen and oxygen atoms in total. The average Bonchev–Trinajstić information content (AvgIpc) is 2.73. The Morgan fingerprint density at radius 3 is 3.00 bits per heavy atom. The van der Waals surface area contributed by atoms with Gasteiger partial charge in [0.25, 0.3) is 0 Å². The van der Waals surface area contributed by atoms with Crippen molar-refractivity contribution in [2.45, 2.75) is 19.5 Å². The van der Waals surface area contributed by atoms with Crippen molar-refractivity contribution in [3.8, 4) is 0 Å². The molecular formula is C11H15N5. The zero-order valence-electron chi connectivity index (χ0n) is 9.46. The summed E-state index contributed by atoms with van der Waals surface area (Å²) in [4.78, 5) is 8.24. The van der Waals surface area contributed by atoms with Crippen LogP contribution in [0.4, 0.5) is 0 Å². The van der Waals surface area contributed by atoms with Gasteiger partial charge in [-0.05, 0) is 18.6 Å². The molecule has 0 amide bonds. The van der Waals surface area contributed by atoms with Gasteiger partial charge in [0.05, 0.1) is 6.54 Å². The second kappa shape index (κ2) is 4.85. The van der Waals surface area contributed by atoms with Gasteiger partial charge < -0.3 is 5.32 Å². The van der Waals surface area contributed by atoms with Crippen molar-refractivity contribution in [1.82, 2.24) is 25.1 Å². The van der Waals surface area contributed by atoms with Crippen LogP contribution in [0.25, 0.3) is 0 Å². The summed E-state index contributed by atoms with van der Waals surface area (Å²) in [5.41, 5.74) is 1.17. The number of rotatable bonds is 4. The van der Waals surface area contributed by atoms with E-state index in [0.717, 1.165) is 5.82 Å². The lowest BCUT2D eigenvalue weighted by molar-refractivity contribution is 0.555. The molecule has 0 saturated heterocycles. The molecule has 84 valence electrons. The highest BCUT2D eigenvalue weighted by Gasteiger charge is 2.05. The second-order valence-electron chi connectivity index (χ2n) is 3.72. The molecule has 0 aromatic carbocycles. The van der Waals surface area contributed by atoms with Gasteiger partial charge in [-0.25, -0.2) is 4.98 Å². The molecule has 1 unspecified atom stereocenters. The monoisotopic (exact) mass is 217 g/mol. The molecule has 0 bridgehead atoms. The first-order chi connectivity index (χ1) is 7.75. The molecule has 1 atom stereocenters. The first kappa shape index (κ1) is 10.8. The molecule has 0 aliphatic carbocycles. The summed E-state index contributed by atoms with van der Waals surface area (Å²) in [6.07, 6.45) is 5.34. The van der Waals surface area contributed by atoms with Crippen molar-refractivity contribution in [3.05, 3.63) is 42.2 Å². The number of nitrogens with zero attached hydrogens (tertiary/aromatic N) is 4. The van der Waals surface area contributed by atoms with Crippen LogP contribution in [0.15, 0.2) is 30.9 Å². The predicted octanol–water partition coefficient (Wildman–Crippen LogP) is 1.06. The van der Waals surface area contributed by atoms with Crippen molar-refractivity contribution in [1.29, 1.82) is 0 Å². The first-order valence-corrected chi connectivity index (χ1v) is 5.23. The molecule has 2 rings (SSSR count). The third kappa shape index (κ3) is 2.64. The van der Waals surface area contributed by atoms with Gasteiger partial charge in [-0.15, -0.1) is 0 Å². The van der Waals surface area contributed by atoms with Gasteiger partial charge in [-0.2, -0.15) is 5.10 Å². The summed E-state index contributed by atoms with van der Waals surface area (Å²) in [5.74, 6) is 0.804. The fourth-order valence-corrected chi connectivity index (χ4v) is 1.46. The van der Waals surface area contributed by atoms with Crippen LogP contribution in [0.1, 0.15) is 24.4 Å². The molecule has 16 heavy (non-hydrogen) atoms. The van der Waals surface area contributed by atoms with Crippen LogP contribution in [0.3, 0.4) is 0 Å². The number of pyridine rings is 1. The minimum absolute atomic E-state index is 0.248. The highest BCUT2D eigenvalue weighted by atomic mass is 15.3. The molecule has 0 saturated carbocycles. The molecule has 1 N–H and O–H groups in total. The highest BCUT2D eigenvalue weighted by molar-refractivity contribution is 5.12. The largest absolute Gasteiger partial charge is 0.303 e. The Labute approximate surface area is 94.5 Å². The summed E-state index contributed by atoms with van der Waals surface area (Å²) < 4.78 is 1.70. The van der Waals surface area contributed by atoms with E-state index in [0.29, 0.717) is 6.54 Å². The van der Waals surface area contributed by atoms with Crippen molar-refractivity contribution >= 4 is 0 Å². The summed E-state index contributed by atoms with van der Waals surface area (Å²) in [6.45, 7) is 2.76. The molecule has 2 aromatic rings. The van der Waals surface area contributed by atoms with E-state index < -0.39 is 0 Å². The standard InChI is InChI=1S/C11H15N5/c1-9(10-4-3-5-12-6-10)13-7-11-14-8-16(2)15-11/h3-6,8-9,13H,7H2,1-2H3. The number of aromatic nitrogens is 4. The van der Waals surface area contributed by atoms with Crippen LogP contribution in [-0.2, 0) is 13.6 Å². The second-order valence-corrected chi connectivity index (χ2v) is 3.72. The molecule has 0 aliphatic rings. The lowest BCUT2D eigenvalue weighted by Gasteiger charge is -2.11. The third-order valence-corrected chi connectivity index (χ3v) is 2.40. The number of hydrogen-bond acceptors (Lipinski definition) is 4. The molecule has 0 aliphatic heterocycles. The summed E-state index contributed by atoms with van der Waals surface area (Å²) in [6, 6.07) is 4.24. The maximum atomic E-state index is 4.20. The molecule has 5 heteroatoms. The minimum atomic E-state index is 0.248.